The Balaban J connectivity index is 1.60. The summed E-state index contributed by atoms with van der Waals surface area (Å²) in [5, 5.41) is 3.46. The van der Waals surface area contributed by atoms with Crippen molar-refractivity contribution in [2.45, 2.75) is 58.0 Å². The topological polar surface area (TPSA) is 15.3 Å². The van der Waals surface area contributed by atoms with E-state index in [2.05, 4.69) is 17.3 Å². The molecule has 0 atom stereocenters. The van der Waals surface area contributed by atoms with E-state index in [0.717, 1.165) is 30.3 Å². The van der Waals surface area contributed by atoms with E-state index < -0.39 is 0 Å². The van der Waals surface area contributed by atoms with Crippen molar-refractivity contribution in [3.63, 3.8) is 0 Å². The van der Waals surface area contributed by atoms with Crippen LogP contribution in [-0.4, -0.2) is 31.1 Å². The zero-order valence-electron chi connectivity index (χ0n) is 13.5. The van der Waals surface area contributed by atoms with Gasteiger partial charge in [-0.25, -0.2) is 4.39 Å². The third-order valence-corrected chi connectivity index (χ3v) is 4.61. The van der Waals surface area contributed by atoms with Gasteiger partial charge in [0.25, 0.3) is 0 Å². The van der Waals surface area contributed by atoms with Crippen LogP contribution in [0.2, 0.25) is 0 Å². The van der Waals surface area contributed by atoms with Gasteiger partial charge in [0, 0.05) is 12.6 Å². The first-order valence-electron chi connectivity index (χ1n) is 8.33. The summed E-state index contributed by atoms with van der Waals surface area (Å²) in [7, 11) is 2.26. The maximum Gasteiger partial charge on any atom is 0.126 e. The molecule has 0 aliphatic heterocycles. The molecule has 1 aromatic carbocycles. The van der Waals surface area contributed by atoms with Gasteiger partial charge >= 0.3 is 0 Å². The van der Waals surface area contributed by atoms with Gasteiger partial charge in [-0.05, 0) is 63.5 Å². The van der Waals surface area contributed by atoms with Crippen LogP contribution in [0.4, 0.5) is 4.39 Å². The summed E-state index contributed by atoms with van der Waals surface area (Å²) in [6, 6.07) is 6.15. The van der Waals surface area contributed by atoms with E-state index in [1.54, 1.807) is 6.07 Å². The molecule has 0 spiro atoms. The van der Waals surface area contributed by atoms with Crippen LogP contribution in [-0.2, 0) is 6.54 Å². The smallest absolute Gasteiger partial charge is 0.126 e. The average molecular weight is 292 g/mol. The molecule has 21 heavy (non-hydrogen) atoms. The van der Waals surface area contributed by atoms with E-state index in [9.17, 15) is 4.39 Å². The van der Waals surface area contributed by atoms with Gasteiger partial charge in [0.1, 0.15) is 5.82 Å². The summed E-state index contributed by atoms with van der Waals surface area (Å²) in [5.74, 6) is -0.118. The van der Waals surface area contributed by atoms with E-state index in [4.69, 9.17) is 0 Å². The Bertz CT molecular complexity index is 427. The van der Waals surface area contributed by atoms with Crippen molar-refractivity contribution in [1.82, 2.24) is 10.2 Å². The molecule has 1 saturated carbocycles. The van der Waals surface area contributed by atoms with Gasteiger partial charge < -0.3 is 10.2 Å². The summed E-state index contributed by atoms with van der Waals surface area (Å²) < 4.78 is 13.2. The van der Waals surface area contributed by atoms with Crippen LogP contribution in [0, 0.1) is 12.7 Å². The molecule has 0 unspecified atom stereocenters. The fourth-order valence-electron chi connectivity index (χ4n) is 3.21. The number of nitrogens with one attached hydrogen (secondary N) is 1. The largest absolute Gasteiger partial charge is 0.313 e. The Hall–Kier alpha value is -0.930. The minimum atomic E-state index is -0.118. The van der Waals surface area contributed by atoms with Crippen LogP contribution < -0.4 is 5.32 Å². The van der Waals surface area contributed by atoms with Gasteiger partial charge in [-0.1, -0.05) is 31.4 Å². The zero-order valence-corrected chi connectivity index (χ0v) is 13.5. The highest BCUT2D eigenvalue weighted by Crippen LogP contribution is 2.21. The molecule has 1 aliphatic carbocycles. The lowest BCUT2D eigenvalue weighted by molar-refractivity contribution is 0.189. The lowest BCUT2D eigenvalue weighted by Gasteiger charge is -2.31. The zero-order chi connectivity index (χ0) is 15.1. The van der Waals surface area contributed by atoms with Crippen molar-refractivity contribution in [1.29, 1.82) is 0 Å². The number of hydrogen-bond acceptors (Lipinski definition) is 2. The molecule has 3 heteroatoms. The summed E-state index contributed by atoms with van der Waals surface area (Å²) in [6.45, 7) is 4.83. The van der Waals surface area contributed by atoms with Gasteiger partial charge in [0.05, 0.1) is 0 Å². The Kier molecular flexibility index (Phi) is 6.65. The molecule has 0 heterocycles. The Labute approximate surface area is 128 Å². The van der Waals surface area contributed by atoms with Gasteiger partial charge in [-0.15, -0.1) is 0 Å². The van der Waals surface area contributed by atoms with Gasteiger partial charge in [-0.2, -0.15) is 0 Å². The highest BCUT2D eigenvalue weighted by Gasteiger charge is 2.16. The van der Waals surface area contributed by atoms with Crippen molar-refractivity contribution in [2.75, 3.05) is 20.1 Å². The number of rotatable bonds is 7. The van der Waals surface area contributed by atoms with Gasteiger partial charge in [-0.3, -0.25) is 0 Å². The number of halogens is 1. The van der Waals surface area contributed by atoms with E-state index in [1.807, 2.05) is 19.1 Å². The third-order valence-electron chi connectivity index (χ3n) is 4.61. The maximum absolute atomic E-state index is 13.2. The average Bonchev–Trinajstić information content (AvgIpc) is 2.51. The number of aryl methyl sites for hydroxylation is 1. The molecule has 2 rings (SSSR count). The molecule has 2 nitrogen and oxygen atoms in total. The molecular weight excluding hydrogens is 263 g/mol. The predicted molar refractivity (Wildman–Crippen MR) is 87.0 cm³/mol. The van der Waals surface area contributed by atoms with Crippen LogP contribution >= 0.6 is 0 Å². The first-order chi connectivity index (χ1) is 10.2. The predicted octanol–water partition coefficient (Wildman–Crippen LogP) is 3.88. The molecule has 0 bridgehead atoms. The Morgan fingerprint density at radius 1 is 1.24 bits per heavy atom. The summed E-state index contributed by atoms with van der Waals surface area (Å²) in [5.41, 5.74) is 1.89. The molecule has 0 amide bonds. The summed E-state index contributed by atoms with van der Waals surface area (Å²) in [4.78, 5) is 2.53. The van der Waals surface area contributed by atoms with Crippen molar-refractivity contribution >= 4 is 0 Å². The lowest BCUT2D eigenvalue weighted by atomic mass is 9.94. The minimum absolute atomic E-state index is 0.118. The third kappa shape index (κ3) is 5.40. The fourth-order valence-corrected chi connectivity index (χ4v) is 3.21. The standard InChI is InChI=1S/C18H29FN2/c1-15-13-16(9-10-18(15)19)14-20-11-6-12-21(2)17-7-4-3-5-8-17/h9-10,13,17,20H,3-8,11-12,14H2,1-2H3. The second-order valence-corrected chi connectivity index (χ2v) is 6.39. The second kappa shape index (κ2) is 8.50. The van der Waals surface area contributed by atoms with E-state index >= 15 is 0 Å². The fraction of sp³-hybridized carbons (Fsp3) is 0.667. The van der Waals surface area contributed by atoms with Crippen LogP contribution in [0.1, 0.15) is 49.7 Å². The van der Waals surface area contributed by atoms with Crippen LogP contribution in [0.15, 0.2) is 18.2 Å². The van der Waals surface area contributed by atoms with Crippen molar-refractivity contribution < 1.29 is 4.39 Å². The van der Waals surface area contributed by atoms with Gasteiger partial charge in [0.15, 0.2) is 0 Å². The molecule has 118 valence electrons. The first-order valence-corrected chi connectivity index (χ1v) is 8.33. The number of hydrogen-bond donors (Lipinski definition) is 1. The quantitative estimate of drug-likeness (QED) is 0.767. The normalized spacial score (nSPS) is 16.6. The first kappa shape index (κ1) is 16.4. The highest BCUT2D eigenvalue weighted by molar-refractivity contribution is 5.23. The van der Waals surface area contributed by atoms with Crippen molar-refractivity contribution in [3.8, 4) is 0 Å². The van der Waals surface area contributed by atoms with Crippen LogP contribution in [0.5, 0.6) is 0 Å². The second-order valence-electron chi connectivity index (χ2n) is 6.39. The molecule has 1 aliphatic rings. The monoisotopic (exact) mass is 292 g/mol. The molecule has 0 saturated heterocycles. The van der Waals surface area contributed by atoms with Crippen LogP contribution in [0.3, 0.4) is 0 Å². The molecule has 0 radical (unpaired) electrons. The minimum Gasteiger partial charge on any atom is -0.313 e. The van der Waals surface area contributed by atoms with E-state index in [0.29, 0.717) is 0 Å². The van der Waals surface area contributed by atoms with Crippen molar-refractivity contribution in [3.05, 3.63) is 35.1 Å². The summed E-state index contributed by atoms with van der Waals surface area (Å²) >= 11 is 0. The molecule has 1 N–H and O–H groups in total. The number of benzene rings is 1. The maximum atomic E-state index is 13.2. The molecule has 0 aromatic heterocycles. The Morgan fingerprint density at radius 2 is 2.00 bits per heavy atom. The number of nitrogens with zero attached hydrogens (tertiary/aromatic N) is 1. The Morgan fingerprint density at radius 3 is 2.71 bits per heavy atom. The highest BCUT2D eigenvalue weighted by atomic mass is 19.1. The van der Waals surface area contributed by atoms with Gasteiger partial charge in [0.2, 0.25) is 0 Å². The summed E-state index contributed by atoms with van der Waals surface area (Å²) in [6.07, 6.45) is 8.14. The molecule has 1 fully saturated rings. The SMILES string of the molecule is Cc1cc(CNCCCN(C)C2CCCCC2)ccc1F. The van der Waals surface area contributed by atoms with E-state index in [-0.39, 0.29) is 5.82 Å². The molecular formula is C18H29FN2. The molecule has 1 aromatic rings. The van der Waals surface area contributed by atoms with Crippen LogP contribution in [0.25, 0.3) is 0 Å². The van der Waals surface area contributed by atoms with E-state index in [1.165, 1.54) is 45.1 Å². The lowest BCUT2D eigenvalue weighted by Crippen LogP contribution is -2.35. The van der Waals surface area contributed by atoms with Crippen molar-refractivity contribution in [2.24, 2.45) is 0 Å².